The summed E-state index contributed by atoms with van der Waals surface area (Å²) in [6, 6.07) is 5.64. The molecule has 0 radical (unpaired) electrons. The van der Waals surface area contributed by atoms with Crippen molar-refractivity contribution in [3.8, 4) is 0 Å². The molecule has 1 aromatic carbocycles. The van der Waals surface area contributed by atoms with Crippen LogP contribution in [0.3, 0.4) is 0 Å². The molecule has 0 saturated heterocycles. The van der Waals surface area contributed by atoms with Crippen molar-refractivity contribution in [3.63, 3.8) is 0 Å². The van der Waals surface area contributed by atoms with Crippen LogP contribution in [0.5, 0.6) is 0 Å². The van der Waals surface area contributed by atoms with E-state index in [0.717, 1.165) is 17.6 Å². The molecule has 0 N–H and O–H groups in total. The number of hydrogen-bond acceptors (Lipinski definition) is 0. The summed E-state index contributed by atoms with van der Waals surface area (Å²) in [5.74, 6) is 0. The van der Waals surface area contributed by atoms with Gasteiger partial charge in [0.25, 0.3) is 0 Å². The largest absolute Gasteiger partial charge is 0.0998 e. The summed E-state index contributed by atoms with van der Waals surface area (Å²) in [5, 5.41) is 1.25. The van der Waals surface area contributed by atoms with Gasteiger partial charge in [0, 0.05) is 0 Å². The topological polar surface area (TPSA) is 0 Å². The van der Waals surface area contributed by atoms with Crippen LogP contribution in [0.4, 0.5) is 0 Å². The fourth-order valence-corrected chi connectivity index (χ4v) is 1.40. The van der Waals surface area contributed by atoms with E-state index in [4.69, 9.17) is 23.2 Å². The van der Waals surface area contributed by atoms with Crippen LogP contribution in [-0.2, 0) is 6.42 Å². The van der Waals surface area contributed by atoms with E-state index in [2.05, 4.69) is 6.58 Å². The molecule has 1 aromatic rings. The zero-order valence-corrected chi connectivity index (χ0v) is 8.41. The van der Waals surface area contributed by atoms with Gasteiger partial charge in [0.2, 0.25) is 0 Å². The first-order valence-electron chi connectivity index (χ1n) is 3.68. The Bertz CT molecular complexity index is 303. The van der Waals surface area contributed by atoms with Crippen LogP contribution < -0.4 is 0 Å². The van der Waals surface area contributed by atoms with Crippen molar-refractivity contribution in [3.05, 3.63) is 46.0 Å². The minimum atomic E-state index is 0.607. The lowest BCUT2D eigenvalue weighted by Crippen LogP contribution is -1.86. The number of allylic oxidation sites excluding steroid dienone is 1. The molecule has 2 heteroatoms. The molecular weight excluding hydrogens is 191 g/mol. The van der Waals surface area contributed by atoms with Crippen LogP contribution in [0.25, 0.3) is 0 Å². The molecule has 0 aliphatic heterocycles. The van der Waals surface area contributed by atoms with Gasteiger partial charge in [-0.15, -0.1) is 0 Å². The van der Waals surface area contributed by atoms with Crippen LogP contribution >= 0.6 is 23.2 Å². The van der Waals surface area contributed by atoms with Gasteiger partial charge in [0.15, 0.2) is 0 Å². The fraction of sp³-hybridized carbons (Fsp3) is 0.200. The average Bonchev–Trinajstić information content (AvgIpc) is 1.98. The summed E-state index contributed by atoms with van der Waals surface area (Å²) in [7, 11) is 0. The normalized spacial score (nSPS) is 9.92. The average molecular weight is 201 g/mol. The van der Waals surface area contributed by atoms with E-state index in [9.17, 15) is 0 Å². The van der Waals surface area contributed by atoms with Crippen molar-refractivity contribution in [2.45, 2.75) is 13.3 Å². The Morgan fingerprint density at radius 3 is 2.67 bits per heavy atom. The molecule has 0 spiro atoms. The minimum Gasteiger partial charge on any atom is -0.0998 e. The first-order chi connectivity index (χ1) is 5.61. The zero-order valence-electron chi connectivity index (χ0n) is 6.90. The molecule has 0 saturated carbocycles. The maximum Gasteiger partial charge on any atom is 0.0627 e. The highest BCUT2D eigenvalue weighted by Crippen LogP contribution is 2.26. The van der Waals surface area contributed by atoms with Crippen LogP contribution in [-0.4, -0.2) is 0 Å². The van der Waals surface area contributed by atoms with Crippen LogP contribution in [0.15, 0.2) is 30.4 Å². The van der Waals surface area contributed by atoms with Gasteiger partial charge in [0.05, 0.1) is 10.0 Å². The van der Waals surface area contributed by atoms with Gasteiger partial charge in [-0.05, 0) is 25.0 Å². The van der Waals surface area contributed by atoms with E-state index >= 15 is 0 Å². The molecule has 0 aromatic heterocycles. The first-order valence-corrected chi connectivity index (χ1v) is 4.44. The van der Waals surface area contributed by atoms with Crippen molar-refractivity contribution >= 4 is 23.2 Å². The smallest absolute Gasteiger partial charge is 0.0627 e. The second-order valence-corrected chi connectivity index (χ2v) is 3.63. The summed E-state index contributed by atoms with van der Waals surface area (Å²) in [6.45, 7) is 5.79. The van der Waals surface area contributed by atoms with Gasteiger partial charge < -0.3 is 0 Å². The third-order valence-corrected chi connectivity index (χ3v) is 2.38. The predicted octanol–water partition coefficient (Wildman–Crippen LogP) is 4.11. The summed E-state index contributed by atoms with van der Waals surface area (Å²) in [4.78, 5) is 0. The zero-order chi connectivity index (χ0) is 9.14. The second-order valence-electron chi connectivity index (χ2n) is 2.85. The molecule has 0 atom stereocenters. The van der Waals surface area contributed by atoms with Gasteiger partial charge in [-0.1, -0.05) is 47.5 Å². The van der Waals surface area contributed by atoms with E-state index < -0.39 is 0 Å². The lowest BCUT2D eigenvalue weighted by atomic mass is 10.1. The Labute approximate surface area is 82.8 Å². The highest BCUT2D eigenvalue weighted by molar-refractivity contribution is 6.42. The maximum absolute atomic E-state index is 5.96. The molecule has 0 aliphatic rings. The van der Waals surface area contributed by atoms with Crippen molar-refractivity contribution in [2.75, 3.05) is 0 Å². The Morgan fingerprint density at radius 1 is 1.42 bits per heavy atom. The summed E-state index contributed by atoms with van der Waals surface area (Å²) < 4.78 is 0. The SMILES string of the molecule is C=C(C)Cc1cccc(Cl)c1Cl. The quantitative estimate of drug-likeness (QED) is 0.631. The van der Waals surface area contributed by atoms with E-state index in [-0.39, 0.29) is 0 Å². The molecule has 0 unspecified atom stereocenters. The van der Waals surface area contributed by atoms with Gasteiger partial charge in [-0.3, -0.25) is 0 Å². The van der Waals surface area contributed by atoms with Crippen LogP contribution in [0, 0.1) is 0 Å². The highest BCUT2D eigenvalue weighted by atomic mass is 35.5. The van der Waals surface area contributed by atoms with Crippen molar-refractivity contribution < 1.29 is 0 Å². The Hall–Kier alpha value is -0.460. The Balaban J connectivity index is 3.00. The molecule has 0 nitrogen and oxygen atoms in total. The number of benzene rings is 1. The van der Waals surface area contributed by atoms with E-state index in [1.165, 1.54) is 0 Å². The van der Waals surface area contributed by atoms with Gasteiger partial charge in [-0.2, -0.15) is 0 Å². The fourth-order valence-electron chi connectivity index (χ4n) is 1.01. The van der Waals surface area contributed by atoms with E-state index in [1.54, 1.807) is 6.07 Å². The molecule has 1 rings (SSSR count). The first kappa shape index (κ1) is 9.63. The van der Waals surface area contributed by atoms with Gasteiger partial charge >= 0.3 is 0 Å². The van der Waals surface area contributed by atoms with E-state index in [0.29, 0.717) is 10.0 Å². The molecule has 0 bridgehead atoms. The van der Waals surface area contributed by atoms with Crippen LogP contribution in [0.2, 0.25) is 10.0 Å². The monoisotopic (exact) mass is 200 g/mol. The standard InChI is InChI=1S/C10H10Cl2/c1-7(2)6-8-4-3-5-9(11)10(8)12/h3-5H,1,6H2,2H3. The third-order valence-electron chi connectivity index (χ3n) is 1.52. The number of halogens is 2. The predicted molar refractivity (Wildman–Crippen MR) is 55.0 cm³/mol. The molecule has 0 amide bonds. The minimum absolute atomic E-state index is 0.607. The van der Waals surface area contributed by atoms with Crippen LogP contribution in [0.1, 0.15) is 12.5 Å². The van der Waals surface area contributed by atoms with Crippen molar-refractivity contribution in [1.29, 1.82) is 0 Å². The number of hydrogen-bond donors (Lipinski definition) is 0. The second kappa shape index (κ2) is 3.97. The molecule has 64 valence electrons. The van der Waals surface area contributed by atoms with Crippen molar-refractivity contribution in [1.82, 2.24) is 0 Å². The molecule has 0 fully saturated rings. The summed E-state index contributed by atoms with van der Waals surface area (Å²) in [5.41, 5.74) is 2.12. The van der Waals surface area contributed by atoms with Gasteiger partial charge in [0.1, 0.15) is 0 Å². The maximum atomic E-state index is 5.96. The highest BCUT2D eigenvalue weighted by Gasteiger charge is 2.03. The third kappa shape index (κ3) is 2.26. The number of rotatable bonds is 2. The van der Waals surface area contributed by atoms with E-state index in [1.807, 2.05) is 19.1 Å². The van der Waals surface area contributed by atoms with Gasteiger partial charge in [-0.25, -0.2) is 0 Å². The summed E-state index contributed by atoms with van der Waals surface area (Å²) in [6.07, 6.45) is 0.791. The molecule has 0 heterocycles. The summed E-state index contributed by atoms with van der Waals surface area (Å²) >= 11 is 11.8. The molecule has 0 aliphatic carbocycles. The Morgan fingerprint density at radius 2 is 2.08 bits per heavy atom. The molecule has 12 heavy (non-hydrogen) atoms. The van der Waals surface area contributed by atoms with Crippen molar-refractivity contribution in [2.24, 2.45) is 0 Å². The molecular formula is C10H10Cl2. The lowest BCUT2D eigenvalue weighted by molar-refractivity contribution is 1.15. The Kier molecular flexibility index (Phi) is 3.19. The lowest BCUT2D eigenvalue weighted by Gasteiger charge is -2.04.